The quantitative estimate of drug-likeness (QED) is 0.669. The second-order valence-corrected chi connectivity index (χ2v) is 8.10. The number of benzene rings is 2. The Hall–Kier alpha value is -2.96. The number of para-hydroxylation sites is 2. The number of thiophene rings is 1. The van der Waals surface area contributed by atoms with Crippen molar-refractivity contribution in [1.82, 2.24) is 5.32 Å². The maximum atomic E-state index is 13.3. The van der Waals surface area contributed by atoms with Gasteiger partial charge < -0.3 is 10.2 Å². The Kier molecular flexibility index (Phi) is 5.74. The summed E-state index contributed by atoms with van der Waals surface area (Å²) in [5, 5.41) is 8.37. The number of rotatable bonds is 5. The van der Waals surface area contributed by atoms with E-state index in [2.05, 4.69) is 28.8 Å². The largest absolute Gasteiger partial charge is 0.324 e. The first kappa shape index (κ1) is 19.4. The van der Waals surface area contributed by atoms with Crippen LogP contribution in [0.25, 0.3) is 0 Å². The van der Waals surface area contributed by atoms with Crippen molar-refractivity contribution in [3.05, 3.63) is 82.6 Å². The van der Waals surface area contributed by atoms with E-state index in [1.165, 1.54) is 0 Å². The molecule has 2 amide bonds. The first-order valence-electron chi connectivity index (χ1n) is 9.66. The molecule has 6 heteroatoms. The molecule has 0 radical (unpaired) electrons. The number of carbonyl (C=O) groups excluding carboxylic acids is 2. The van der Waals surface area contributed by atoms with Crippen LogP contribution in [0, 0.1) is 0 Å². The highest BCUT2D eigenvalue weighted by molar-refractivity contribution is 7.10. The van der Waals surface area contributed by atoms with Crippen LogP contribution in [0.3, 0.4) is 0 Å². The van der Waals surface area contributed by atoms with E-state index in [1.54, 1.807) is 16.2 Å². The van der Waals surface area contributed by atoms with Crippen LogP contribution in [0.4, 0.5) is 11.4 Å². The van der Waals surface area contributed by atoms with Crippen LogP contribution in [0.5, 0.6) is 0 Å². The monoisotopic (exact) mass is 405 g/mol. The molecule has 1 aromatic heterocycles. The molecule has 0 saturated carbocycles. The van der Waals surface area contributed by atoms with E-state index < -0.39 is 0 Å². The molecule has 1 aliphatic heterocycles. The van der Waals surface area contributed by atoms with Gasteiger partial charge in [0.25, 0.3) is 0 Å². The van der Waals surface area contributed by atoms with Crippen LogP contribution in [0.15, 0.2) is 72.1 Å². The number of nitrogens with one attached hydrogen (secondary N) is 2. The number of nitrogens with zero attached hydrogens (tertiary/aromatic N) is 1. The molecule has 2 atom stereocenters. The number of anilines is 2. The van der Waals surface area contributed by atoms with Gasteiger partial charge in [0.05, 0.1) is 24.0 Å². The number of hydrogen-bond donors (Lipinski definition) is 2. The Morgan fingerprint density at radius 3 is 2.66 bits per heavy atom. The molecule has 1 aliphatic rings. The molecule has 2 N–H and O–H groups in total. The predicted octanol–water partition coefficient (Wildman–Crippen LogP) is 4.19. The van der Waals surface area contributed by atoms with Gasteiger partial charge in [-0.3, -0.25) is 14.9 Å². The summed E-state index contributed by atoms with van der Waals surface area (Å²) in [7, 11) is 0. The third-order valence-electron chi connectivity index (χ3n) is 5.05. The van der Waals surface area contributed by atoms with Crippen LogP contribution >= 0.6 is 11.3 Å². The van der Waals surface area contributed by atoms with Crippen molar-refractivity contribution in [3.8, 4) is 0 Å². The van der Waals surface area contributed by atoms with Gasteiger partial charge in [0.1, 0.15) is 0 Å². The predicted molar refractivity (Wildman–Crippen MR) is 117 cm³/mol. The minimum Gasteiger partial charge on any atom is -0.324 e. The SMILES string of the molecule is C[C@@H]1CC(=O)Nc2ccccc2N1C(=O)CN[C@@H](c1ccccc1)c1cccs1. The average molecular weight is 406 g/mol. The zero-order valence-corrected chi connectivity index (χ0v) is 17.0. The van der Waals surface area contributed by atoms with E-state index in [9.17, 15) is 9.59 Å². The maximum Gasteiger partial charge on any atom is 0.241 e. The van der Waals surface area contributed by atoms with Gasteiger partial charge >= 0.3 is 0 Å². The molecule has 0 aliphatic carbocycles. The van der Waals surface area contributed by atoms with Crippen molar-refractivity contribution in [2.75, 3.05) is 16.8 Å². The topological polar surface area (TPSA) is 61.4 Å². The lowest BCUT2D eigenvalue weighted by atomic mass is 10.1. The van der Waals surface area contributed by atoms with E-state index in [0.29, 0.717) is 5.69 Å². The lowest BCUT2D eigenvalue weighted by molar-refractivity contribution is -0.118. The summed E-state index contributed by atoms with van der Waals surface area (Å²) in [5.41, 5.74) is 2.53. The summed E-state index contributed by atoms with van der Waals surface area (Å²) >= 11 is 1.66. The fourth-order valence-electron chi connectivity index (χ4n) is 3.73. The van der Waals surface area contributed by atoms with Crippen LogP contribution in [0.2, 0.25) is 0 Å². The summed E-state index contributed by atoms with van der Waals surface area (Å²) in [6.07, 6.45) is 0.271. The maximum absolute atomic E-state index is 13.3. The molecule has 5 nitrogen and oxygen atoms in total. The summed E-state index contributed by atoms with van der Waals surface area (Å²) in [4.78, 5) is 28.3. The molecule has 4 rings (SSSR count). The van der Waals surface area contributed by atoms with Crippen LogP contribution < -0.4 is 15.5 Å². The van der Waals surface area contributed by atoms with Gasteiger partial charge in [-0.1, -0.05) is 48.5 Å². The number of amides is 2. The fraction of sp³-hybridized carbons (Fsp3) is 0.217. The molecule has 0 unspecified atom stereocenters. The third-order valence-corrected chi connectivity index (χ3v) is 5.98. The number of hydrogen-bond acceptors (Lipinski definition) is 4. The first-order chi connectivity index (χ1) is 14.1. The minimum absolute atomic E-state index is 0.0565. The van der Waals surface area contributed by atoms with Gasteiger partial charge in [-0.15, -0.1) is 11.3 Å². The Morgan fingerprint density at radius 1 is 1.14 bits per heavy atom. The van der Waals surface area contributed by atoms with Gasteiger partial charge in [-0.2, -0.15) is 0 Å². The summed E-state index contributed by atoms with van der Waals surface area (Å²) in [6, 6.07) is 21.4. The molecular formula is C23H23N3O2S. The number of fused-ring (bicyclic) bond motifs is 1. The molecule has 0 spiro atoms. The summed E-state index contributed by atoms with van der Waals surface area (Å²) in [5.74, 6) is -0.132. The minimum atomic E-state index is -0.218. The second-order valence-electron chi connectivity index (χ2n) is 7.12. The van der Waals surface area contributed by atoms with Crippen molar-refractivity contribution in [1.29, 1.82) is 0 Å². The molecule has 0 saturated heterocycles. The van der Waals surface area contributed by atoms with E-state index in [4.69, 9.17) is 0 Å². The number of carbonyl (C=O) groups is 2. The standard InChI is InChI=1S/C23H23N3O2S/c1-16-14-21(27)25-18-10-5-6-11-19(18)26(16)22(28)15-24-23(20-12-7-13-29-20)17-8-3-2-4-9-17/h2-13,16,23-24H,14-15H2,1H3,(H,25,27)/t16-,23+/m1/s1. The summed E-state index contributed by atoms with van der Waals surface area (Å²) < 4.78 is 0. The Balaban J connectivity index is 1.57. The zero-order chi connectivity index (χ0) is 20.2. The van der Waals surface area contributed by atoms with Crippen LogP contribution in [-0.2, 0) is 9.59 Å². The second kappa shape index (κ2) is 8.59. The van der Waals surface area contributed by atoms with E-state index >= 15 is 0 Å². The molecule has 148 valence electrons. The first-order valence-corrected chi connectivity index (χ1v) is 10.5. The molecule has 29 heavy (non-hydrogen) atoms. The normalized spacial score (nSPS) is 17.2. The van der Waals surface area contributed by atoms with E-state index in [-0.39, 0.29) is 36.9 Å². The molecule has 0 bridgehead atoms. The van der Waals surface area contributed by atoms with Crippen molar-refractivity contribution < 1.29 is 9.59 Å². The average Bonchev–Trinajstić information content (AvgIpc) is 3.20. The van der Waals surface area contributed by atoms with Crippen molar-refractivity contribution >= 4 is 34.5 Å². The molecule has 2 heterocycles. The van der Waals surface area contributed by atoms with Gasteiger partial charge in [0.2, 0.25) is 11.8 Å². The van der Waals surface area contributed by atoms with Crippen molar-refractivity contribution in [2.45, 2.75) is 25.4 Å². The smallest absolute Gasteiger partial charge is 0.241 e. The highest BCUT2D eigenvalue weighted by atomic mass is 32.1. The van der Waals surface area contributed by atoms with Gasteiger partial charge in [-0.05, 0) is 36.1 Å². The fourth-order valence-corrected chi connectivity index (χ4v) is 4.55. The highest BCUT2D eigenvalue weighted by Crippen LogP contribution is 2.31. The summed E-state index contributed by atoms with van der Waals surface area (Å²) in [6.45, 7) is 2.08. The molecule has 2 aromatic carbocycles. The van der Waals surface area contributed by atoms with Gasteiger partial charge in [-0.25, -0.2) is 0 Å². The Labute approximate surface area is 174 Å². The third kappa shape index (κ3) is 4.23. The van der Waals surface area contributed by atoms with E-state index in [0.717, 1.165) is 16.1 Å². The molecular weight excluding hydrogens is 382 g/mol. The van der Waals surface area contributed by atoms with Crippen LogP contribution in [0.1, 0.15) is 29.8 Å². The lowest BCUT2D eigenvalue weighted by Crippen LogP contribution is -2.44. The Bertz CT molecular complexity index is 988. The van der Waals surface area contributed by atoms with Crippen LogP contribution in [-0.4, -0.2) is 24.4 Å². The highest BCUT2D eigenvalue weighted by Gasteiger charge is 2.29. The van der Waals surface area contributed by atoms with Gasteiger partial charge in [0, 0.05) is 17.3 Å². The van der Waals surface area contributed by atoms with Crippen molar-refractivity contribution in [3.63, 3.8) is 0 Å². The Morgan fingerprint density at radius 2 is 1.90 bits per heavy atom. The van der Waals surface area contributed by atoms with Crippen molar-refractivity contribution in [2.24, 2.45) is 0 Å². The van der Waals surface area contributed by atoms with E-state index in [1.807, 2.05) is 60.8 Å². The zero-order valence-electron chi connectivity index (χ0n) is 16.2. The van der Waals surface area contributed by atoms with Gasteiger partial charge in [0.15, 0.2) is 0 Å². The molecule has 0 fully saturated rings. The molecule has 3 aromatic rings. The lowest BCUT2D eigenvalue weighted by Gasteiger charge is -2.29.